The van der Waals surface area contributed by atoms with Crippen LogP contribution in [0.1, 0.15) is 0 Å². The fourth-order valence-corrected chi connectivity index (χ4v) is 2.68. The summed E-state index contributed by atoms with van der Waals surface area (Å²) in [4.78, 5) is 34.7. The molecule has 2 amide bonds. The number of carbonyl (C=O) groups is 3. The monoisotopic (exact) mass is 386 g/mol. The summed E-state index contributed by atoms with van der Waals surface area (Å²) < 4.78 is 5.06. The number of rotatable bonds is 8. The highest BCUT2D eigenvalue weighted by atomic mass is 32.2. The number of hydrogen-bond donors (Lipinski definition) is 3. The van der Waals surface area contributed by atoms with Crippen LogP contribution in [0.3, 0.4) is 0 Å². The highest BCUT2D eigenvalue weighted by Crippen LogP contribution is 2.21. The quantitative estimate of drug-likeness (QED) is 0.476. The third-order valence-corrected chi connectivity index (χ3v) is 4.25. The third-order valence-electron chi connectivity index (χ3n) is 3.24. The molecule has 0 aliphatic heterocycles. The number of benzene rings is 2. The van der Waals surface area contributed by atoms with Crippen molar-refractivity contribution in [1.29, 1.82) is 0 Å². The van der Waals surface area contributed by atoms with E-state index in [4.69, 9.17) is 9.84 Å². The summed E-state index contributed by atoms with van der Waals surface area (Å²) in [5.74, 6) is -0.908. The molecule has 0 fully saturated rings. The van der Waals surface area contributed by atoms with Crippen LogP contribution >= 0.6 is 11.8 Å². The van der Waals surface area contributed by atoms with Gasteiger partial charge in [0.2, 0.25) is 11.8 Å². The number of hydrogen-bond acceptors (Lipinski definition) is 5. The number of carbonyl (C=O) groups excluding carboxylic acids is 2. The zero-order chi connectivity index (χ0) is 19.6. The Morgan fingerprint density at radius 3 is 2.15 bits per heavy atom. The van der Waals surface area contributed by atoms with E-state index in [-0.39, 0.29) is 11.7 Å². The van der Waals surface area contributed by atoms with Crippen molar-refractivity contribution in [2.45, 2.75) is 4.90 Å². The Morgan fingerprint density at radius 1 is 0.963 bits per heavy atom. The number of amides is 2. The smallest absolute Gasteiger partial charge is 0.328 e. The summed E-state index contributed by atoms with van der Waals surface area (Å²) in [6.07, 6.45) is 1.70. The van der Waals surface area contributed by atoms with Crippen LogP contribution in [0.4, 0.5) is 11.4 Å². The van der Waals surface area contributed by atoms with Gasteiger partial charge in [-0.25, -0.2) is 4.79 Å². The molecular formula is C19H18N2O5S. The minimum absolute atomic E-state index is 0.138. The van der Waals surface area contributed by atoms with E-state index >= 15 is 0 Å². The molecule has 2 rings (SSSR count). The lowest BCUT2D eigenvalue weighted by atomic mass is 10.3. The van der Waals surface area contributed by atoms with Gasteiger partial charge in [-0.3, -0.25) is 9.59 Å². The summed E-state index contributed by atoms with van der Waals surface area (Å²) in [6.45, 7) is 0. The minimum Gasteiger partial charge on any atom is -0.497 e. The van der Waals surface area contributed by atoms with Crippen LogP contribution in [0.25, 0.3) is 0 Å². The van der Waals surface area contributed by atoms with E-state index < -0.39 is 11.9 Å². The summed E-state index contributed by atoms with van der Waals surface area (Å²) in [5, 5.41) is 13.8. The maximum Gasteiger partial charge on any atom is 0.328 e. The molecule has 7 nitrogen and oxygen atoms in total. The second-order valence-electron chi connectivity index (χ2n) is 5.25. The number of aliphatic carboxylic acids is 1. The number of carboxylic acid groups (broad SMARTS) is 1. The summed E-state index contributed by atoms with van der Waals surface area (Å²) in [6, 6.07) is 13.9. The van der Waals surface area contributed by atoms with Crippen LogP contribution in [0.5, 0.6) is 5.75 Å². The Labute approximate surface area is 160 Å². The van der Waals surface area contributed by atoms with Crippen LogP contribution in [0, 0.1) is 0 Å². The normalized spacial score (nSPS) is 10.4. The van der Waals surface area contributed by atoms with Crippen LogP contribution in [0.2, 0.25) is 0 Å². The van der Waals surface area contributed by atoms with Gasteiger partial charge < -0.3 is 20.5 Å². The molecular weight excluding hydrogens is 368 g/mol. The highest BCUT2D eigenvalue weighted by molar-refractivity contribution is 8.00. The van der Waals surface area contributed by atoms with E-state index in [2.05, 4.69) is 10.6 Å². The lowest BCUT2D eigenvalue weighted by Crippen LogP contribution is -2.13. The number of anilines is 2. The van der Waals surface area contributed by atoms with Crippen LogP contribution < -0.4 is 15.4 Å². The summed E-state index contributed by atoms with van der Waals surface area (Å²) in [7, 11) is 1.58. The molecule has 0 aliphatic rings. The molecule has 0 spiro atoms. The van der Waals surface area contributed by atoms with E-state index in [1.54, 1.807) is 55.6 Å². The molecule has 0 heterocycles. The van der Waals surface area contributed by atoms with Crippen molar-refractivity contribution in [2.75, 3.05) is 23.5 Å². The second-order valence-corrected chi connectivity index (χ2v) is 6.30. The Hall–Kier alpha value is -3.26. The van der Waals surface area contributed by atoms with Crippen LogP contribution in [-0.2, 0) is 14.4 Å². The van der Waals surface area contributed by atoms with E-state index in [0.717, 1.165) is 17.0 Å². The van der Waals surface area contributed by atoms with Crippen molar-refractivity contribution in [1.82, 2.24) is 0 Å². The molecule has 0 saturated carbocycles. The summed E-state index contributed by atoms with van der Waals surface area (Å²) in [5.41, 5.74) is 1.22. The van der Waals surface area contributed by atoms with Gasteiger partial charge in [-0.05, 0) is 48.5 Å². The molecule has 2 aromatic carbocycles. The number of thioether (sulfide) groups is 1. The Kier molecular flexibility index (Phi) is 7.45. The van der Waals surface area contributed by atoms with Gasteiger partial charge in [-0.15, -0.1) is 11.8 Å². The Morgan fingerprint density at radius 2 is 1.56 bits per heavy atom. The average Bonchev–Trinajstić information content (AvgIpc) is 2.66. The molecule has 0 bridgehead atoms. The SMILES string of the molecule is COc1ccc(NC(=O)CSc2ccc(NC(=O)/C=C/C(=O)O)cc2)cc1. The molecule has 3 N–H and O–H groups in total. The van der Waals surface area contributed by atoms with E-state index in [1.807, 2.05) is 0 Å². The molecule has 27 heavy (non-hydrogen) atoms. The van der Waals surface area contributed by atoms with Crippen LogP contribution in [0.15, 0.2) is 65.6 Å². The third kappa shape index (κ3) is 7.25. The van der Waals surface area contributed by atoms with E-state index in [1.165, 1.54) is 11.8 Å². The standard InChI is InChI=1S/C19H18N2O5S/c1-26-15-6-2-13(3-7-15)21-18(23)12-27-16-8-4-14(5-9-16)20-17(22)10-11-19(24)25/h2-11H,12H2,1H3,(H,20,22)(H,21,23)(H,24,25)/b11-10+. The van der Waals surface area contributed by atoms with Gasteiger partial charge in [-0.1, -0.05) is 0 Å². The molecule has 2 aromatic rings. The first-order chi connectivity index (χ1) is 13.0. The zero-order valence-electron chi connectivity index (χ0n) is 14.5. The molecule has 0 unspecified atom stereocenters. The highest BCUT2D eigenvalue weighted by Gasteiger charge is 2.05. The van der Waals surface area contributed by atoms with E-state index in [9.17, 15) is 14.4 Å². The van der Waals surface area contributed by atoms with Crippen molar-refractivity contribution >= 4 is 40.9 Å². The molecule has 0 aromatic heterocycles. The van der Waals surface area contributed by atoms with Gasteiger partial charge in [0.25, 0.3) is 0 Å². The molecule has 8 heteroatoms. The average molecular weight is 386 g/mol. The van der Waals surface area contributed by atoms with Gasteiger partial charge in [0.15, 0.2) is 0 Å². The van der Waals surface area contributed by atoms with Crippen molar-refractivity contribution < 1.29 is 24.2 Å². The van der Waals surface area contributed by atoms with E-state index in [0.29, 0.717) is 17.1 Å². The van der Waals surface area contributed by atoms with Gasteiger partial charge in [0.1, 0.15) is 5.75 Å². The maximum absolute atomic E-state index is 12.0. The number of nitrogens with one attached hydrogen (secondary N) is 2. The molecule has 0 aliphatic carbocycles. The number of carboxylic acids is 1. The Balaban J connectivity index is 1.80. The summed E-state index contributed by atoms with van der Waals surface area (Å²) >= 11 is 1.36. The lowest BCUT2D eigenvalue weighted by Gasteiger charge is -2.07. The number of methoxy groups -OCH3 is 1. The molecule has 140 valence electrons. The first kappa shape index (κ1) is 20.1. The van der Waals surface area contributed by atoms with Gasteiger partial charge in [0, 0.05) is 28.4 Å². The predicted octanol–water partition coefficient (Wildman–Crippen LogP) is 3.01. The van der Waals surface area contributed by atoms with Gasteiger partial charge in [-0.2, -0.15) is 0 Å². The zero-order valence-corrected chi connectivity index (χ0v) is 15.3. The second kappa shape index (κ2) is 10.0. The van der Waals surface area contributed by atoms with Crippen molar-refractivity contribution in [3.05, 3.63) is 60.7 Å². The van der Waals surface area contributed by atoms with Crippen molar-refractivity contribution in [2.24, 2.45) is 0 Å². The molecule has 0 atom stereocenters. The van der Waals surface area contributed by atoms with Crippen molar-refractivity contribution in [3.8, 4) is 5.75 Å². The first-order valence-electron chi connectivity index (χ1n) is 7.85. The molecule has 0 saturated heterocycles. The first-order valence-corrected chi connectivity index (χ1v) is 8.83. The maximum atomic E-state index is 12.0. The number of ether oxygens (including phenoxy) is 1. The van der Waals surface area contributed by atoms with Crippen LogP contribution in [-0.4, -0.2) is 35.8 Å². The lowest BCUT2D eigenvalue weighted by molar-refractivity contribution is -0.131. The fourth-order valence-electron chi connectivity index (χ4n) is 1.99. The fraction of sp³-hybridized carbons (Fsp3) is 0.105. The topological polar surface area (TPSA) is 105 Å². The Bertz CT molecular complexity index is 832. The van der Waals surface area contributed by atoms with Crippen molar-refractivity contribution in [3.63, 3.8) is 0 Å². The largest absolute Gasteiger partial charge is 0.497 e. The minimum atomic E-state index is -1.19. The van der Waals surface area contributed by atoms with Gasteiger partial charge in [0.05, 0.1) is 12.9 Å². The van der Waals surface area contributed by atoms with Gasteiger partial charge >= 0.3 is 5.97 Å². The molecule has 0 radical (unpaired) electrons. The predicted molar refractivity (Wildman–Crippen MR) is 104 cm³/mol.